The lowest BCUT2D eigenvalue weighted by molar-refractivity contribution is 0.597. The number of benzene rings is 1. The van der Waals surface area contributed by atoms with Crippen LogP contribution in [0.15, 0.2) is 28.7 Å². The Kier molecular flexibility index (Phi) is 3.61. The second-order valence-corrected chi connectivity index (χ2v) is 5.71. The number of thiophene rings is 1. The first-order valence-corrected chi connectivity index (χ1v) is 6.60. The zero-order chi connectivity index (χ0) is 12.6. The summed E-state index contributed by atoms with van der Waals surface area (Å²) in [4.78, 5) is 1.63. The molecule has 0 aliphatic carbocycles. The smallest absolute Gasteiger partial charge is 0.138 e. The van der Waals surface area contributed by atoms with Gasteiger partial charge in [-0.25, -0.2) is 8.78 Å². The maximum absolute atomic E-state index is 13.7. The van der Waals surface area contributed by atoms with E-state index in [4.69, 9.17) is 5.73 Å². The first-order valence-electron chi connectivity index (χ1n) is 4.99. The van der Waals surface area contributed by atoms with Crippen LogP contribution in [0.2, 0.25) is 0 Å². The summed E-state index contributed by atoms with van der Waals surface area (Å²) in [6, 6.07) is 5.82. The standard InChI is InChI=1S/C12H10BrF2NS/c1-6(16)11-2-3-12(17-11)7-4-10(15)8(13)5-9(7)14/h2-6H,16H2,1H3. The van der Waals surface area contributed by atoms with Gasteiger partial charge in [0.05, 0.1) is 4.47 Å². The molecule has 2 N–H and O–H groups in total. The van der Waals surface area contributed by atoms with E-state index in [1.165, 1.54) is 17.4 Å². The molecular formula is C12H10BrF2NS. The molecule has 0 aliphatic heterocycles. The fourth-order valence-electron chi connectivity index (χ4n) is 1.45. The number of hydrogen-bond donors (Lipinski definition) is 1. The van der Waals surface area contributed by atoms with Crippen LogP contribution in [0.4, 0.5) is 8.78 Å². The average molecular weight is 318 g/mol. The third-order valence-corrected chi connectivity index (χ3v) is 4.28. The third kappa shape index (κ3) is 2.56. The van der Waals surface area contributed by atoms with Gasteiger partial charge in [-0.1, -0.05) is 0 Å². The molecule has 5 heteroatoms. The molecule has 0 fully saturated rings. The van der Waals surface area contributed by atoms with Crippen LogP contribution in [0.3, 0.4) is 0 Å². The van der Waals surface area contributed by atoms with E-state index in [1.54, 1.807) is 6.07 Å². The molecule has 1 aromatic heterocycles. The minimum absolute atomic E-state index is 0.0999. The topological polar surface area (TPSA) is 26.0 Å². The lowest BCUT2D eigenvalue weighted by Crippen LogP contribution is -2.01. The molecule has 0 amide bonds. The zero-order valence-electron chi connectivity index (χ0n) is 9.01. The normalized spacial score (nSPS) is 12.8. The van der Waals surface area contributed by atoms with E-state index in [0.29, 0.717) is 4.88 Å². The summed E-state index contributed by atoms with van der Waals surface area (Å²) in [5.74, 6) is -0.923. The largest absolute Gasteiger partial charge is 0.324 e. The molecule has 1 nitrogen and oxygen atoms in total. The predicted molar refractivity (Wildman–Crippen MR) is 70.0 cm³/mol. The van der Waals surface area contributed by atoms with Crippen LogP contribution in [-0.2, 0) is 0 Å². The summed E-state index contributed by atoms with van der Waals surface area (Å²) in [5.41, 5.74) is 6.00. The van der Waals surface area contributed by atoms with E-state index in [1.807, 2.05) is 13.0 Å². The number of nitrogens with two attached hydrogens (primary N) is 1. The summed E-state index contributed by atoms with van der Waals surface area (Å²) in [5, 5.41) is 0. The molecule has 1 atom stereocenters. The average Bonchev–Trinajstić information content (AvgIpc) is 2.72. The van der Waals surface area contributed by atoms with Crippen LogP contribution >= 0.6 is 27.3 Å². The highest BCUT2D eigenvalue weighted by molar-refractivity contribution is 9.10. The third-order valence-electron chi connectivity index (χ3n) is 2.35. The van der Waals surface area contributed by atoms with Crippen LogP contribution in [0, 0.1) is 11.6 Å². The maximum atomic E-state index is 13.7. The summed E-state index contributed by atoms with van der Waals surface area (Å²) in [6.07, 6.45) is 0. The molecule has 0 aliphatic rings. The van der Waals surface area contributed by atoms with Crippen LogP contribution < -0.4 is 5.73 Å². The van der Waals surface area contributed by atoms with Gasteiger partial charge >= 0.3 is 0 Å². The maximum Gasteiger partial charge on any atom is 0.138 e. The quantitative estimate of drug-likeness (QED) is 0.812. The SMILES string of the molecule is CC(N)c1ccc(-c2cc(F)c(Br)cc2F)s1. The van der Waals surface area contributed by atoms with Crippen molar-refractivity contribution in [3.63, 3.8) is 0 Å². The van der Waals surface area contributed by atoms with Gasteiger partial charge in [0.25, 0.3) is 0 Å². The van der Waals surface area contributed by atoms with E-state index in [-0.39, 0.29) is 16.1 Å². The minimum atomic E-state index is -0.475. The Morgan fingerprint density at radius 2 is 1.94 bits per heavy atom. The highest BCUT2D eigenvalue weighted by atomic mass is 79.9. The van der Waals surface area contributed by atoms with E-state index in [9.17, 15) is 8.78 Å². The van der Waals surface area contributed by atoms with E-state index < -0.39 is 11.6 Å². The van der Waals surface area contributed by atoms with Crippen LogP contribution in [0.5, 0.6) is 0 Å². The molecule has 0 saturated carbocycles. The van der Waals surface area contributed by atoms with Crippen molar-refractivity contribution in [2.45, 2.75) is 13.0 Å². The van der Waals surface area contributed by atoms with Crippen LogP contribution in [-0.4, -0.2) is 0 Å². The summed E-state index contributed by atoms with van der Waals surface area (Å²) >= 11 is 4.33. The molecule has 0 spiro atoms. The molecule has 0 radical (unpaired) electrons. The van der Waals surface area contributed by atoms with Crippen molar-refractivity contribution in [2.75, 3.05) is 0 Å². The van der Waals surface area contributed by atoms with Crippen molar-refractivity contribution in [2.24, 2.45) is 5.73 Å². The lowest BCUT2D eigenvalue weighted by Gasteiger charge is -2.03. The van der Waals surface area contributed by atoms with E-state index >= 15 is 0 Å². The lowest BCUT2D eigenvalue weighted by atomic mass is 10.1. The van der Waals surface area contributed by atoms with Gasteiger partial charge in [0.2, 0.25) is 0 Å². The van der Waals surface area contributed by atoms with Gasteiger partial charge in [0.15, 0.2) is 0 Å². The van der Waals surface area contributed by atoms with Crippen LogP contribution in [0.1, 0.15) is 17.8 Å². The zero-order valence-corrected chi connectivity index (χ0v) is 11.4. The Labute approximate surface area is 110 Å². The summed E-state index contributed by atoms with van der Waals surface area (Å²) < 4.78 is 27.2. The Morgan fingerprint density at radius 1 is 1.24 bits per heavy atom. The summed E-state index contributed by atoms with van der Waals surface area (Å²) in [6.45, 7) is 1.86. The molecule has 2 rings (SSSR count). The van der Waals surface area contributed by atoms with Crippen LogP contribution in [0.25, 0.3) is 10.4 Å². The molecule has 0 bridgehead atoms. The van der Waals surface area contributed by atoms with E-state index in [2.05, 4.69) is 15.9 Å². The molecular weight excluding hydrogens is 308 g/mol. The number of hydrogen-bond acceptors (Lipinski definition) is 2. The van der Waals surface area contributed by atoms with E-state index in [0.717, 1.165) is 10.9 Å². The Balaban J connectivity index is 2.49. The van der Waals surface area contributed by atoms with Gasteiger partial charge in [-0.3, -0.25) is 0 Å². The highest BCUT2D eigenvalue weighted by Gasteiger charge is 2.13. The first-order chi connectivity index (χ1) is 7.99. The Morgan fingerprint density at radius 3 is 2.53 bits per heavy atom. The van der Waals surface area contributed by atoms with Gasteiger partial charge in [-0.2, -0.15) is 0 Å². The van der Waals surface area contributed by atoms with Crippen molar-refractivity contribution in [3.8, 4) is 10.4 Å². The molecule has 2 aromatic rings. The fraction of sp³-hybridized carbons (Fsp3) is 0.167. The minimum Gasteiger partial charge on any atom is -0.324 e. The second kappa shape index (κ2) is 4.84. The van der Waals surface area contributed by atoms with Crippen molar-refractivity contribution in [3.05, 3.63) is 45.2 Å². The molecule has 1 aromatic carbocycles. The predicted octanol–water partition coefficient (Wildman–Crippen LogP) is 4.48. The first kappa shape index (κ1) is 12.7. The fourth-order valence-corrected chi connectivity index (χ4v) is 2.75. The molecule has 17 heavy (non-hydrogen) atoms. The molecule has 1 heterocycles. The Bertz CT molecular complexity index is 551. The van der Waals surface area contributed by atoms with Crippen molar-refractivity contribution >= 4 is 27.3 Å². The van der Waals surface area contributed by atoms with Gasteiger partial charge in [-0.15, -0.1) is 11.3 Å². The van der Waals surface area contributed by atoms with Crippen molar-refractivity contribution in [1.82, 2.24) is 0 Å². The molecule has 90 valence electrons. The van der Waals surface area contributed by atoms with Crippen molar-refractivity contribution in [1.29, 1.82) is 0 Å². The Hall–Kier alpha value is -0.780. The van der Waals surface area contributed by atoms with Gasteiger partial charge in [-0.05, 0) is 47.1 Å². The van der Waals surface area contributed by atoms with Crippen molar-refractivity contribution < 1.29 is 8.78 Å². The van der Waals surface area contributed by atoms with Gasteiger partial charge in [0, 0.05) is 21.4 Å². The second-order valence-electron chi connectivity index (χ2n) is 3.74. The summed E-state index contributed by atoms with van der Waals surface area (Å²) in [7, 11) is 0. The molecule has 1 unspecified atom stereocenters. The molecule has 0 saturated heterocycles. The monoisotopic (exact) mass is 317 g/mol. The van der Waals surface area contributed by atoms with Gasteiger partial charge in [0.1, 0.15) is 11.6 Å². The van der Waals surface area contributed by atoms with Gasteiger partial charge < -0.3 is 5.73 Å². The number of halogens is 3. The number of rotatable bonds is 2. The highest BCUT2D eigenvalue weighted by Crippen LogP contribution is 2.34.